The maximum Gasteiger partial charge on any atom is 0.322 e. The molecule has 1 amide bonds. The first-order chi connectivity index (χ1) is 11.1. The fraction of sp³-hybridized carbons (Fsp3) is 0.375. The van der Waals surface area contributed by atoms with E-state index in [4.69, 9.17) is 4.74 Å². The van der Waals surface area contributed by atoms with Crippen LogP contribution in [0.2, 0.25) is 0 Å². The van der Waals surface area contributed by atoms with E-state index in [1.54, 1.807) is 24.3 Å². The van der Waals surface area contributed by atoms with E-state index >= 15 is 0 Å². The fourth-order valence-electron chi connectivity index (χ4n) is 1.75. The van der Waals surface area contributed by atoms with Crippen molar-refractivity contribution >= 4 is 28.0 Å². The lowest BCUT2D eigenvalue weighted by Crippen LogP contribution is -2.38. The highest BCUT2D eigenvalue weighted by molar-refractivity contribution is 7.92. The Kier molecular flexibility index (Phi) is 7.12. The number of benzene rings is 1. The Hall–Kier alpha value is -2.19. The number of hydrogen-bond donors (Lipinski definition) is 0. The third kappa shape index (κ3) is 6.13. The summed E-state index contributed by atoms with van der Waals surface area (Å²) >= 11 is 0. The summed E-state index contributed by atoms with van der Waals surface area (Å²) in [5, 5.41) is 1.02. The zero-order chi connectivity index (χ0) is 18.3. The molecule has 0 spiro atoms. The summed E-state index contributed by atoms with van der Waals surface area (Å²) < 4.78 is 30.1. The molecule has 8 heteroatoms. The Morgan fingerprint density at radius 3 is 2.29 bits per heavy atom. The quantitative estimate of drug-likeness (QED) is 0.681. The first kappa shape index (κ1) is 19.9. The molecule has 0 radical (unpaired) electrons. The Bertz CT molecular complexity index is 698. The number of carbonyl (C=O) groups excluding carboxylic acids is 2. The normalized spacial score (nSPS) is 13.0. The van der Waals surface area contributed by atoms with Crippen molar-refractivity contribution in [2.24, 2.45) is 0 Å². The minimum Gasteiger partial charge on any atom is -0.452 e. The molecular formula is C16H22N2O5S. The zero-order valence-corrected chi connectivity index (χ0v) is 15.0. The molecule has 1 rings (SSSR count). The number of esters is 1. The van der Waals surface area contributed by atoms with Gasteiger partial charge in [-0.3, -0.25) is 9.59 Å². The molecule has 0 heterocycles. The summed E-state index contributed by atoms with van der Waals surface area (Å²) in [5.41, 5.74) is 0.724. The summed E-state index contributed by atoms with van der Waals surface area (Å²) in [6.45, 7) is 0.955. The maximum absolute atomic E-state index is 12.1. The molecule has 1 aromatic carbocycles. The number of likely N-dealkylation sites (N-methyl/N-ethyl adjacent to an activating group) is 2. The average molecular weight is 354 g/mol. The highest BCUT2D eigenvalue weighted by Gasteiger charge is 2.23. The van der Waals surface area contributed by atoms with Gasteiger partial charge in [0, 0.05) is 26.6 Å². The van der Waals surface area contributed by atoms with Gasteiger partial charge in [0.2, 0.25) is 10.0 Å². The second kappa shape index (κ2) is 8.60. The summed E-state index contributed by atoms with van der Waals surface area (Å²) in [7, 11) is 0.578. The summed E-state index contributed by atoms with van der Waals surface area (Å²) in [6, 6.07) is 8.92. The number of hydrogen-bond acceptors (Lipinski definition) is 5. The second-order valence-corrected chi connectivity index (χ2v) is 7.30. The molecule has 132 valence electrons. The number of sulfonamides is 1. The van der Waals surface area contributed by atoms with E-state index in [0.29, 0.717) is 0 Å². The van der Waals surface area contributed by atoms with E-state index in [2.05, 4.69) is 0 Å². The molecule has 24 heavy (non-hydrogen) atoms. The van der Waals surface area contributed by atoms with Gasteiger partial charge in [-0.2, -0.15) is 4.31 Å². The van der Waals surface area contributed by atoms with Gasteiger partial charge in [0.1, 0.15) is 6.54 Å². The molecule has 7 nitrogen and oxygen atoms in total. The molecular weight excluding hydrogens is 332 g/mol. The molecule has 0 saturated heterocycles. The average Bonchev–Trinajstić information content (AvgIpc) is 2.52. The van der Waals surface area contributed by atoms with Gasteiger partial charge in [0.25, 0.3) is 5.91 Å². The first-order valence-electron chi connectivity index (χ1n) is 7.23. The van der Waals surface area contributed by atoms with Crippen molar-refractivity contribution in [1.29, 1.82) is 0 Å². The molecule has 0 aromatic heterocycles. The lowest BCUT2D eigenvalue weighted by Gasteiger charge is -2.19. The molecule has 0 aliphatic carbocycles. The Balaban J connectivity index is 2.65. The molecule has 0 fully saturated rings. The van der Waals surface area contributed by atoms with Crippen molar-refractivity contribution in [2.45, 2.75) is 13.0 Å². The summed E-state index contributed by atoms with van der Waals surface area (Å²) in [6.07, 6.45) is 0.471. The maximum atomic E-state index is 12.1. The van der Waals surface area contributed by atoms with Crippen LogP contribution in [0.1, 0.15) is 12.5 Å². The van der Waals surface area contributed by atoms with Crippen molar-refractivity contribution in [1.82, 2.24) is 9.21 Å². The van der Waals surface area contributed by atoms with Crippen molar-refractivity contribution in [3.63, 3.8) is 0 Å². The standard InChI is InChI=1S/C16H22N2O5S/c1-13(16(20)17(2)3)23-15(19)12-18(4)24(21,22)11-10-14-8-6-5-7-9-14/h5-11,13H,12H2,1-4H3/b11-10+/t13-/m1/s1. The van der Waals surface area contributed by atoms with Gasteiger partial charge in [-0.05, 0) is 18.6 Å². The van der Waals surface area contributed by atoms with Crippen molar-refractivity contribution in [2.75, 3.05) is 27.7 Å². The van der Waals surface area contributed by atoms with E-state index in [1.165, 1.54) is 39.0 Å². The van der Waals surface area contributed by atoms with Gasteiger partial charge in [-0.1, -0.05) is 30.3 Å². The van der Waals surface area contributed by atoms with Crippen LogP contribution in [0.4, 0.5) is 0 Å². The Labute approximate surface area is 142 Å². The molecule has 1 atom stereocenters. The monoisotopic (exact) mass is 354 g/mol. The van der Waals surface area contributed by atoms with Crippen LogP contribution in [0.25, 0.3) is 6.08 Å². The largest absolute Gasteiger partial charge is 0.452 e. The van der Waals surface area contributed by atoms with Gasteiger partial charge < -0.3 is 9.64 Å². The number of amides is 1. The van der Waals surface area contributed by atoms with Gasteiger partial charge in [0.05, 0.1) is 0 Å². The van der Waals surface area contributed by atoms with E-state index in [1.807, 2.05) is 6.07 Å². The van der Waals surface area contributed by atoms with Crippen LogP contribution in [0, 0.1) is 0 Å². The molecule has 1 aromatic rings. The molecule has 0 aliphatic heterocycles. The highest BCUT2D eigenvalue weighted by atomic mass is 32.2. The van der Waals surface area contributed by atoms with E-state index in [0.717, 1.165) is 15.3 Å². The van der Waals surface area contributed by atoms with Gasteiger partial charge >= 0.3 is 5.97 Å². The Morgan fingerprint density at radius 2 is 1.75 bits per heavy atom. The Morgan fingerprint density at radius 1 is 1.17 bits per heavy atom. The van der Waals surface area contributed by atoms with E-state index < -0.39 is 28.6 Å². The number of carbonyl (C=O) groups is 2. The van der Waals surface area contributed by atoms with Gasteiger partial charge in [-0.25, -0.2) is 8.42 Å². The van der Waals surface area contributed by atoms with Gasteiger partial charge in [0.15, 0.2) is 6.10 Å². The smallest absolute Gasteiger partial charge is 0.322 e. The minimum absolute atomic E-state index is 0.377. The predicted octanol–water partition coefficient (Wildman–Crippen LogP) is 0.939. The van der Waals surface area contributed by atoms with Crippen molar-refractivity contribution in [3.05, 3.63) is 41.3 Å². The third-order valence-electron chi connectivity index (χ3n) is 3.11. The van der Waals surface area contributed by atoms with Crippen LogP contribution < -0.4 is 0 Å². The number of rotatable bonds is 7. The number of ether oxygens (including phenoxy) is 1. The van der Waals surface area contributed by atoms with Crippen LogP contribution in [0.3, 0.4) is 0 Å². The molecule has 0 bridgehead atoms. The predicted molar refractivity (Wildman–Crippen MR) is 91.3 cm³/mol. The molecule has 0 saturated carbocycles. The highest BCUT2D eigenvalue weighted by Crippen LogP contribution is 2.07. The van der Waals surface area contributed by atoms with E-state index in [9.17, 15) is 18.0 Å². The third-order valence-corrected chi connectivity index (χ3v) is 4.59. The van der Waals surface area contributed by atoms with Crippen LogP contribution in [0.5, 0.6) is 0 Å². The van der Waals surface area contributed by atoms with Crippen molar-refractivity contribution in [3.8, 4) is 0 Å². The fourth-order valence-corrected chi connectivity index (χ4v) is 2.58. The zero-order valence-electron chi connectivity index (χ0n) is 14.2. The van der Waals surface area contributed by atoms with E-state index in [-0.39, 0.29) is 5.91 Å². The minimum atomic E-state index is -3.77. The van der Waals surface area contributed by atoms with Crippen LogP contribution in [-0.2, 0) is 24.3 Å². The first-order valence-corrected chi connectivity index (χ1v) is 8.74. The van der Waals surface area contributed by atoms with Crippen molar-refractivity contribution < 1.29 is 22.7 Å². The second-order valence-electron chi connectivity index (χ2n) is 5.38. The lowest BCUT2D eigenvalue weighted by molar-refractivity contribution is -0.157. The molecule has 0 N–H and O–H groups in total. The lowest BCUT2D eigenvalue weighted by atomic mass is 10.2. The molecule has 0 unspecified atom stereocenters. The summed E-state index contributed by atoms with van der Waals surface area (Å²) in [5.74, 6) is -1.17. The van der Waals surface area contributed by atoms with Crippen LogP contribution in [-0.4, -0.2) is 63.3 Å². The SMILES string of the molecule is C[C@@H](OC(=O)CN(C)S(=O)(=O)/C=C/c1ccccc1)C(=O)N(C)C. The number of nitrogens with zero attached hydrogens (tertiary/aromatic N) is 2. The summed E-state index contributed by atoms with van der Waals surface area (Å²) in [4.78, 5) is 24.7. The topological polar surface area (TPSA) is 84.0 Å². The van der Waals surface area contributed by atoms with Crippen LogP contribution >= 0.6 is 0 Å². The van der Waals surface area contributed by atoms with Crippen LogP contribution in [0.15, 0.2) is 35.7 Å². The van der Waals surface area contributed by atoms with Gasteiger partial charge in [-0.15, -0.1) is 0 Å². The molecule has 0 aliphatic rings.